The van der Waals surface area contributed by atoms with Crippen molar-refractivity contribution in [1.82, 2.24) is 4.98 Å². The first kappa shape index (κ1) is 22.0. The maximum Gasteiger partial charge on any atom is 0.256 e. The van der Waals surface area contributed by atoms with Crippen LogP contribution < -0.4 is 10.2 Å². The summed E-state index contributed by atoms with van der Waals surface area (Å²) in [4.78, 5) is 30.6. The number of nitrogens with one attached hydrogen (secondary N) is 1. The Kier molecular flexibility index (Phi) is 6.90. The molecule has 0 atom stereocenters. The summed E-state index contributed by atoms with van der Waals surface area (Å²) in [5.41, 5.74) is 6.02. The van der Waals surface area contributed by atoms with Gasteiger partial charge in [0.25, 0.3) is 5.91 Å². The summed E-state index contributed by atoms with van der Waals surface area (Å²) in [5.74, 6) is -0.179. The summed E-state index contributed by atoms with van der Waals surface area (Å²) in [5, 5.41) is 2.97. The molecule has 1 aromatic heterocycles. The Morgan fingerprint density at radius 1 is 0.909 bits per heavy atom. The molecule has 0 fully saturated rings. The van der Waals surface area contributed by atoms with Crippen molar-refractivity contribution in [3.05, 3.63) is 114 Å². The number of pyridine rings is 1. The van der Waals surface area contributed by atoms with E-state index in [1.807, 2.05) is 85.8 Å². The second-order valence-electron chi connectivity index (χ2n) is 7.78. The summed E-state index contributed by atoms with van der Waals surface area (Å²) in [6.45, 7) is 2.56. The number of carbonyl (C=O) groups excluding carboxylic acids is 2. The molecule has 0 spiro atoms. The van der Waals surface area contributed by atoms with E-state index < -0.39 is 0 Å². The van der Waals surface area contributed by atoms with Gasteiger partial charge in [-0.05, 0) is 60.5 Å². The number of anilines is 2. The highest BCUT2D eigenvalue weighted by atomic mass is 16.1. The number of benzene rings is 3. The molecule has 3 aromatic carbocycles. The molecule has 4 aromatic rings. The van der Waals surface area contributed by atoms with Crippen LogP contribution in [0, 0.1) is 6.92 Å². The van der Waals surface area contributed by atoms with E-state index in [-0.39, 0.29) is 5.91 Å². The van der Waals surface area contributed by atoms with Crippen LogP contribution in [0.5, 0.6) is 0 Å². The van der Waals surface area contributed by atoms with E-state index in [2.05, 4.69) is 10.3 Å². The lowest BCUT2D eigenvalue weighted by Gasteiger charge is -2.18. The van der Waals surface area contributed by atoms with Crippen LogP contribution in [0.4, 0.5) is 11.4 Å². The lowest BCUT2D eigenvalue weighted by Crippen LogP contribution is -2.24. The Labute approximate surface area is 193 Å². The Hall–Kier alpha value is -4.25. The van der Waals surface area contributed by atoms with E-state index in [1.54, 1.807) is 23.2 Å². The van der Waals surface area contributed by atoms with Crippen LogP contribution in [0.1, 0.15) is 21.6 Å². The molecule has 4 rings (SSSR count). The summed E-state index contributed by atoms with van der Waals surface area (Å²) in [6.07, 6.45) is 3.22. The summed E-state index contributed by atoms with van der Waals surface area (Å²) in [7, 11) is 0. The highest BCUT2D eigenvalue weighted by Crippen LogP contribution is 2.25. The lowest BCUT2D eigenvalue weighted by molar-refractivity contribution is -0.107. The van der Waals surface area contributed by atoms with Gasteiger partial charge in [0.1, 0.15) is 0 Å². The fourth-order valence-corrected chi connectivity index (χ4v) is 3.62. The first-order chi connectivity index (χ1) is 16.1. The molecule has 5 heteroatoms. The molecule has 164 valence electrons. The Bertz CT molecular complexity index is 1220. The predicted octanol–water partition coefficient (Wildman–Crippen LogP) is 5.51. The first-order valence-corrected chi connectivity index (χ1v) is 10.8. The number of carbonyl (C=O) groups is 2. The standard InChI is InChI=1S/C28H25N3O2/c1-21-9-11-22(12-10-21)26-7-2-3-8-27(26)28(33)30-24-13-15-25(16-14-24)31(20-32)19-17-23-6-4-5-18-29-23/h2-16,18,20H,17,19H2,1H3,(H,30,33). The SMILES string of the molecule is Cc1ccc(-c2ccccc2C(=O)Nc2ccc(N(C=O)CCc3ccccn3)cc2)cc1. The highest BCUT2D eigenvalue weighted by molar-refractivity contribution is 6.08. The molecule has 0 aliphatic rings. The van der Waals surface area contributed by atoms with Crippen LogP contribution in [0.2, 0.25) is 0 Å². The number of aromatic nitrogens is 1. The van der Waals surface area contributed by atoms with E-state index in [1.165, 1.54) is 5.56 Å². The monoisotopic (exact) mass is 435 g/mol. The molecule has 0 radical (unpaired) electrons. The van der Waals surface area contributed by atoms with Gasteiger partial charge in [0, 0.05) is 41.8 Å². The van der Waals surface area contributed by atoms with E-state index in [9.17, 15) is 9.59 Å². The molecule has 2 amide bonds. The van der Waals surface area contributed by atoms with Gasteiger partial charge < -0.3 is 10.2 Å². The zero-order valence-corrected chi connectivity index (χ0v) is 18.4. The Morgan fingerprint density at radius 3 is 2.33 bits per heavy atom. The van der Waals surface area contributed by atoms with Gasteiger partial charge in [0.05, 0.1) is 0 Å². The largest absolute Gasteiger partial charge is 0.322 e. The minimum Gasteiger partial charge on any atom is -0.322 e. The predicted molar refractivity (Wildman–Crippen MR) is 132 cm³/mol. The van der Waals surface area contributed by atoms with Crippen LogP contribution in [-0.2, 0) is 11.2 Å². The van der Waals surface area contributed by atoms with Crippen molar-refractivity contribution >= 4 is 23.7 Å². The third kappa shape index (κ3) is 5.52. The maximum atomic E-state index is 13.0. The number of rotatable bonds is 8. The van der Waals surface area contributed by atoms with Crippen molar-refractivity contribution in [2.24, 2.45) is 0 Å². The van der Waals surface area contributed by atoms with Crippen molar-refractivity contribution in [3.63, 3.8) is 0 Å². The third-order valence-electron chi connectivity index (χ3n) is 5.45. The number of nitrogens with zero attached hydrogens (tertiary/aromatic N) is 2. The van der Waals surface area contributed by atoms with E-state index in [0.29, 0.717) is 24.2 Å². The number of hydrogen-bond acceptors (Lipinski definition) is 3. The average molecular weight is 436 g/mol. The molecular formula is C28H25N3O2. The molecule has 0 bridgehead atoms. The topological polar surface area (TPSA) is 62.3 Å². The van der Waals surface area contributed by atoms with Gasteiger partial charge in [-0.1, -0.05) is 54.1 Å². The van der Waals surface area contributed by atoms with Crippen LogP contribution in [0.3, 0.4) is 0 Å². The molecule has 5 nitrogen and oxygen atoms in total. The van der Waals surface area contributed by atoms with Gasteiger partial charge >= 0.3 is 0 Å². The van der Waals surface area contributed by atoms with Crippen LogP contribution in [0.15, 0.2) is 97.2 Å². The van der Waals surface area contributed by atoms with Crippen LogP contribution >= 0.6 is 0 Å². The molecule has 0 saturated carbocycles. The van der Waals surface area contributed by atoms with E-state index in [0.717, 1.165) is 28.9 Å². The molecule has 33 heavy (non-hydrogen) atoms. The molecule has 0 aliphatic carbocycles. The quantitative estimate of drug-likeness (QED) is 0.371. The molecule has 0 saturated heterocycles. The molecule has 1 N–H and O–H groups in total. The summed E-state index contributed by atoms with van der Waals surface area (Å²) in [6, 6.07) is 28.7. The number of hydrogen-bond donors (Lipinski definition) is 1. The highest BCUT2D eigenvalue weighted by Gasteiger charge is 2.13. The van der Waals surface area contributed by atoms with Crippen molar-refractivity contribution in [3.8, 4) is 11.1 Å². The van der Waals surface area contributed by atoms with E-state index >= 15 is 0 Å². The van der Waals surface area contributed by atoms with Gasteiger partial charge in [-0.15, -0.1) is 0 Å². The van der Waals surface area contributed by atoms with Gasteiger partial charge in [0.2, 0.25) is 6.41 Å². The van der Waals surface area contributed by atoms with E-state index in [4.69, 9.17) is 0 Å². The van der Waals surface area contributed by atoms with Crippen molar-refractivity contribution in [1.29, 1.82) is 0 Å². The van der Waals surface area contributed by atoms with Crippen molar-refractivity contribution < 1.29 is 9.59 Å². The van der Waals surface area contributed by atoms with Gasteiger partial charge in [0.15, 0.2) is 0 Å². The smallest absolute Gasteiger partial charge is 0.256 e. The Morgan fingerprint density at radius 2 is 1.64 bits per heavy atom. The number of aryl methyl sites for hydroxylation is 1. The Balaban J connectivity index is 1.45. The zero-order valence-electron chi connectivity index (χ0n) is 18.4. The normalized spacial score (nSPS) is 10.5. The lowest BCUT2D eigenvalue weighted by atomic mass is 9.98. The van der Waals surface area contributed by atoms with Gasteiger partial charge in [-0.3, -0.25) is 14.6 Å². The fraction of sp³-hybridized carbons (Fsp3) is 0.107. The minimum absolute atomic E-state index is 0.179. The summed E-state index contributed by atoms with van der Waals surface area (Å²) < 4.78 is 0. The summed E-state index contributed by atoms with van der Waals surface area (Å²) >= 11 is 0. The molecule has 0 aliphatic heterocycles. The molecule has 0 unspecified atom stereocenters. The van der Waals surface area contributed by atoms with Crippen molar-refractivity contribution in [2.45, 2.75) is 13.3 Å². The number of amides is 2. The second kappa shape index (κ2) is 10.4. The third-order valence-corrected chi connectivity index (χ3v) is 5.45. The molecular weight excluding hydrogens is 410 g/mol. The van der Waals surface area contributed by atoms with Crippen LogP contribution in [-0.4, -0.2) is 23.8 Å². The van der Waals surface area contributed by atoms with Gasteiger partial charge in [-0.2, -0.15) is 0 Å². The maximum absolute atomic E-state index is 13.0. The van der Waals surface area contributed by atoms with Crippen molar-refractivity contribution in [2.75, 3.05) is 16.8 Å². The zero-order chi connectivity index (χ0) is 23.0. The second-order valence-corrected chi connectivity index (χ2v) is 7.78. The van der Waals surface area contributed by atoms with Crippen LogP contribution in [0.25, 0.3) is 11.1 Å². The fourth-order valence-electron chi connectivity index (χ4n) is 3.62. The van der Waals surface area contributed by atoms with Gasteiger partial charge in [-0.25, -0.2) is 0 Å². The minimum atomic E-state index is -0.179. The first-order valence-electron chi connectivity index (χ1n) is 10.8. The molecule has 1 heterocycles. The average Bonchev–Trinajstić information content (AvgIpc) is 2.86.